The smallest absolute Gasteiger partial charge is 0.129 e. The molecular formula is C20H23NO4. The third-order valence-corrected chi connectivity index (χ3v) is 3.81. The quantitative estimate of drug-likeness (QED) is 0.612. The summed E-state index contributed by atoms with van der Waals surface area (Å²) in [5, 5.41) is 10.3. The highest BCUT2D eigenvalue weighted by Crippen LogP contribution is 2.12. The molecule has 132 valence electrons. The van der Waals surface area contributed by atoms with E-state index < -0.39 is 6.10 Å². The molecule has 3 rings (SSSR count). The summed E-state index contributed by atoms with van der Waals surface area (Å²) < 4.78 is 16.2. The van der Waals surface area contributed by atoms with Crippen molar-refractivity contribution in [1.82, 2.24) is 4.90 Å². The van der Waals surface area contributed by atoms with Gasteiger partial charge in [0.05, 0.1) is 31.8 Å². The van der Waals surface area contributed by atoms with E-state index in [0.29, 0.717) is 19.7 Å². The maximum absolute atomic E-state index is 10.3. The van der Waals surface area contributed by atoms with E-state index in [9.17, 15) is 5.11 Å². The van der Waals surface area contributed by atoms with Crippen molar-refractivity contribution in [1.29, 1.82) is 0 Å². The van der Waals surface area contributed by atoms with Gasteiger partial charge in [-0.3, -0.25) is 4.90 Å². The summed E-state index contributed by atoms with van der Waals surface area (Å²) >= 11 is 0. The summed E-state index contributed by atoms with van der Waals surface area (Å²) in [5.41, 5.74) is 1.19. The van der Waals surface area contributed by atoms with Crippen LogP contribution in [0.3, 0.4) is 0 Å². The van der Waals surface area contributed by atoms with Crippen LogP contribution in [0.5, 0.6) is 0 Å². The Morgan fingerprint density at radius 1 is 0.880 bits per heavy atom. The number of rotatable bonds is 10. The van der Waals surface area contributed by atoms with Crippen LogP contribution in [-0.4, -0.2) is 29.3 Å². The van der Waals surface area contributed by atoms with E-state index >= 15 is 0 Å². The van der Waals surface area contributed by atoms with Crippen molar-refractivity contribution in [3.8, 4) is 0 Å². The van der Waals surface area contributed by atoms with Gasteiger partial charge in [-0.1, -0.05) is 30.3 Å². The van der Waals surface area contributed by atoms with Crippen molar-refractivity contribution in [3.63, 3.8) is 0 Å². The Bertz CT molecular complexity index is 695. The molecule has 0 unspecified atom stereocenters. The fraction of sp³-hybridized carbons (Fsp3) is 0.300. The van der Waals surface area contributed by atoms with E-state index in [2.05, 4.69) is 17.0 Å². The monoisotopic (exact) mass is 341 g/mol. The first-order valence-electron chi connectivity index (χ1n) is 8.36. The van der Waals surface area contributed by atoms with Crippen LogP contribution in [0, 0.1) is 0 Å². The number of nitrogens with zero attached hydrogens (tertiary/aromatic N) is 1. The number of ether oxygens (including phenoxy) is 1. The van der Waals surface area contributed by atoms with Gasteiger partial charge in [-0.05, 0) is 29.8 Å². The molecule has 0 bridgehead atoms. The molecule has 0 fully saturated rings. The Labute approximate surface area is 147 Å². The van der Waals surface area contributed by atoms with Crippen LogP contribution in [0.25, 0.3) is 0 Å². The van der Waals surface area contributed by atoms with Crippen LogP contribution in [0.2, 0.25) is 0 Å². The number of hydrogen-bond donors (Lipinski definition) is 1. The highest BCUT2D eigenvalue weighted by atomic mass is 16.5. The SMILES string of the molecule is O[C@@H](COCc1ccco1)CN(Cc1ccccc1)Cc1ccco1. The predicted molar refractivity (Wildman–Crippen MR) is 93.6 cm³/mol. The number of aliphatic hydroxyl groups is 1. The van der Waals surface area contributed by atoms with Gasteiger partial charge in [0.25, 0.3) is 0 Å². The fourth-order valence-corrected chi connectivity index (χ4v) is 2.69. The largest absolute Gasteiger partial charge is 0.468 e. The van der Waals surface area contributed by atoms with Crippen LogP contribution in [0.1, 0.15) is 17.1 Å². The minimum atomic E-state index is -0.589. The van der Waals surface area contributed by atoms with Gasteiger partial charge < -0.3 is 18.7 Å². The van der Waals surface area contributed by atoms with Gasteiger partial charge in [-0.2, -0.15) is 0 Å². The summed E-state index contributed by atoms with van der Waals surface area (Å²) in [5.74, 6) is 1.63. The first kappa shape index (κ1) is 17.5. The zero-order valence-corrected chi connectivity index (χ0v) is 14.1. The van der Waals surface area contributed by atoms with Gasteiger partial charge in [0.15, 0.2) is 0 Å². The van der Waals surface area contributed by atoms with Gasteiger partial charge in [-0.15, -0.1) is 0 Å². The number of hydrogen-bond acceptors (Lipinski definition) is 5. The average molecular weight is 341 g/mol. The molecule has 0 saturated heterocycles. The highest BCUT2D eigenvalue weighted by molar-refractivity contribution is 5.14. The second-order valence-electron chi connectivity index (χ2n) is 5.98. The van der Waals surface area contributed by atoms with E-state index in [1.54, 1.807) is 12.5 Å². The van der Waals surface area contributed by atoms with Crippen LogP contribution in [-0.2, 0) is 24.4 Å². The minimum Gasteiger partial charge on any atom is -0.468 e. The van der Waals surface area contributed by atoms with Crippen LogP contribution >= 0.6 is 0 Å². The Kier molecular flexibility index (Phi) is 6.45. The lowest BCUT2D eigenvalue weighted by molar-refractivity contribution is 0.00163. The third-order valence-electron chi connectivity index (χ3n) is 3.81. The van der Waals surface area contributed by atoms with Crippen LogP contribution in [0.4, 0.5) is 0 Å². The summed E-state index contributed by atoms with van der Waals surface area (Å²) in [7, 11) is 0. The molecule has 0 radical (unpaired) electrons. The van der Waals surface area contributed by atoms with Crippen molar-refractivity contribution >= 4 is 0 Å². The second kappa shape index (κ2) is 9.22. The molecule has 2 aromatic heterocycles. The maximum Gasteiger partial charge on any atom is 0.129 e. The summed E-state index contributed by atoms with van der Waals surface area (Å²) in [6.45, 7) is 2.48. The average Bonchev–Trinajstić information content (AvgIpc) is 3.29. The summed E-state index contributed by atoms with van der Waals surface area (Å²) in [6, 6.07) is 17.7. The molecule has 0 saturated carbocycles. The fourth-order valence-electron chi connectivity index (χ4n) is 2.69. The molecule has 0 spiro atoms. The van der Waals surface area contributed by atoms with Crippen LogP contribution < -0.4 is 0 Å². The molecule has 5 heteroatoms. The van der Waals surface area contributed by atoms with Crippen LogP contribution in [0.15, 0.2) is 76.0 Å². The molecule has 0 amide bonds. The van der Waals surface area contributed by atoms with Gasteiger partial charge in [-0.25, -0.2) is 0 Å². The molecule has 0 aliphatic rings. The number of aliphatic hydroxyl groups excluding tert-OH is 1. The summed E-state index contributed by atoms with van der Waals surface area (Å²) in [4.78, 5) is 2.15. The minimum absolute atomic E-state index is 0.254. The molecule has 2 heterocycles. The lowest BCUT2D eigenvalue weighted by Crippen LogP contribution is -2.34. The Balaban J connectivity index is 1.52. The van der Waals surface area contributed by atoms with Crippen molar-refractivity contribution in [2.24, 2.45) is 0 Å². The van der Waals surface area contributed by atoms with Gasteiger partial charge >= 0.3 is 0 Å². The standard InChI is InChI=1S/C20H23NO4/c22-18(15-23-16-20-9-5-11-25-20)13-21(14-19-8-4-10-24-19)12-17-6-2-1-3-7-17/h1-11,18,22H,12-16H2/t18-/m1/s1. The van der Waals surface area contributed by atoms with Crippen molar-refractivity contribution in [2.45, 2.75) is 25.8 Å². The molecule has 5 nitrogen and oxygen atoms in total. The topological polar surface area (TPSA) is 59.0 Å². The second-order valence-corrected chi connectivity index (χ2v) is 5.98. The maximum atomic E-state index is 10.3. The third kappa shape index (κ3) is 5.90. The normalized spacial score (nSPS) is 12.6. The lowest BCUT2D eigenvalue weighted by atomic mass is 10.2. The van der Waals surface area contributed by atoms with Crippen molar-refractivity contribution in [3.05, 3.63) is 84.2 Å². The van der Waals surface area contributed by atoms with Crippen molar-refractivity contribution < 1.29 is 18.7 Å². The highest BCUT2D eigenvalue weighted by Gasteiger charge is 2.14. The molecular weight excluding hydrogens is 318 g/mol. The van der Waals surface area contributed by atoms with Gasteiger partial charge in [0.1, 0.15) is 18.1 Å². The lowest BCUT2D eigenvalue weighted by Gasteiger charge is -2.24. The Morgan fingerprint density at radius 3 is 2.28 bits per heavy atom. The van der Waals surface area contributed by atoms with E-state index in [4.69, 9.17) is 13.6 Å². The molecule has 0 aliphatic heterocycles. The Morgan fingerprint density at radius 2 is 1.60 bits per heavy atom. The zero-order chi connectivity index (χ0) is 17.3. The van der Waals surface area contributed by atoms with E-state index in [-0.39, 0.29) is 6.61 Å². The molecule has 1 N–H and O–H groups in total. The Hall–Kier alpha value is -2.34. The van der Waals surface area contributed by atoms with E-state index in [0.717, 1.165) is 18.1 Å². The molecule has 25 heavy (non-hydrogen) atoms. The zero-order valence-electron chi connectivity index (χ0n) is 14.1. The molecule has 3 aromatic rings. The van der Waals surface area contributed by atoms with Gasteiger partial charge in [0.2, 0.25) is 0 Å². The van der Waals surface area contributed by atoms with Gasteiger partial charge in [0, 0.05) is 13.1 Å². The molecule has 0 aliphatic carbocycles. The number of benzene rings is 1. The molecule has 1 aromatic carbocycles. The first-order chi connectivity index (χ1) is 12.3. The predicted octanol–water partition coefficient (Wildman–Crippen LogP) is 3.45. The van der Waals surface area contributed by atoms with E-state index in [1.165, 1.54) is 5.56 Å². The van der Waals surface area contributed by atoms with Crippen molar-refractivity contribution in [2.75, 3.05) is 13.2 Å². The number of furan rings is 2. The van der Waals surface area contributed by atoms with E-state index in [1.807, 2.05) is 42.5 Å². The first-order valence-corrected chi connectivity index (χ1v) is 8.36. The summed E-state index contributed by atoms with van der Waals surface area (Å²) in [6.07, 6.45) is 2.69. The molecule has 1 atom stereocenters.